The number of morpholine rings is 1. The van der Waals surface area contributed by atoms with Gasteiger partial charge in [0.25, 0.3) is 0 Å². The number of carbonyl (C=O) groups excluding carboxylic acids is 1. The van der Waals surface area contributed by atoms with Crippen molar-refractivity contribution in [3.8, 4) is 0 Å². The van der Waals surface area contributed by atoms with Gasteiger partial charge in [-0.3, -0.25) is 4.79 Å². The molecule has 2 N–H and O–H groups in total. The molecular formula is C20H21N5O3. The number of hydrogen-bond donors (Lipinski definition) is 2. The predicted molar refractivity (Wildman–Crippen MR) is 106 cm³/mol. The molecule has 0 unspecified atom stereocenters. The molecule has 2 aromatic carbocycles. The van der Waals surface area contributed by atoms with E-state index < -0.39 is 5.91 Å². The van der Waals surface area contributed by atoms with Crippen LogP contribution in [0.15, 0.2) is 52.9 Å². The summed E-state index contributed by atoms with van der Waals surface area (Å²) in [5.74, 6) is -0.559. The van der Waals surface area contributed by atoms with Gasteiger partial charge in [-0.1, -0.05) is 17.2 Å². The molecular weight excluding hydrogens is 358 g/mol. The topological polar surface area (TPSA) is 92.5 Å². The molecule has 4 rings (SSSR count). The molecule has 3 aromatic rings. The minimum Gasteiger partial charge on any atom is -0.399 e. The Morgan fingerprint density at radius 1 is 1.04 bits per heavy atom. The third-order valence-electron chi connectivity index (χ3n) is 4.39. The molecule has 1 fully saturated rings. The van der Waals surface area contributed by atoms with Crippen LogP contribution < -0.4 is 15.5 Å². The van der Waals surface area contributed by atoms with E-state index in [0.717, 1.165) is 43.2 Å². The van der Waals surface area contributed by atoms with Gasteiger partial charge < -0.3 is 24.7 Å². The first-order valence-corrected chi connectivity index (χ1v) is 9.09. The van der Waals surface area contributed by atoms with Gasteiger partial charge >= 0.3 is 17.8 Å². The molecule has 8 nitrogen and oxygen atoms in total. The Morgan fingerprint density at radius 3 is 2.57 bits per heavy atom. The summed E-state index contributed by atoms with van der Waals surface area (Å²) < 4.78 is 10.8. The van der Waals surface area contributed by atoms with Crippen LogP contribution in [0.25, 0.3) is 0 Å². The van der Waals surface area contributed by atoms with Gasteiger partial charge in [0.05, 0.1) is 13.2 Å². The largest absolute Gasteiger partial charge is 0.399 e. The number of hydrogen-bond acceptors (Lipinski definition) is 7. The average Bonchev–Trinajstić information content (AvgIpc) is 3.18. The zero-order valence-electron chi connectivity index (χ0n) is 15.5. The molecule has 0 bridgehead atoms. The first-order chi connectivity index (χ1) is 13.7. The van der Waals surface area contributed by atoms with Crippen LogP contribution >= 0.6 is 0 Å². The molecule has 1 aliphatic heterocycles. The summed E-state index contributed by atoms with van der Waals surface area (Å²) in [6.45, 7) is 5.18. The summed E-state index contributed by atoms with van der Waals surface area (Å²) in [4.78, 5) is 14.6. The first-order valence-electron chi connectivity index (χ1n) is 9.09. The third kappa shape index (κ3) is 4.29. The second kappa shape index (κ2) is 8.10. The third-order valence-corrected chi connectivity index (χ3v) is 4.39. The van der Waals surface area contributed by atoms with E-state index in [9.17, 15) is 4.79 Å². The van der Waals surface area contributed by atoms with E-state index in [-0.39, 0.29) is 11.9 Å². The van der Waals surface area contributed by atoms with Crippen LogP contribution in [0.1, 0.15) is 16.2 Å². The monoisotopic (exact) mass is 379 g/mol. The molecule has 0 radical (unpaired) electrons. The van der Waals surface area contributed by atoms with Crippen molar-refractivity contribution in [2.75, 3.05) is 41.8 Å². The van der Waals surface area contributed by atoms with Crippen molar-refractivity contribution in [2.45, 2.75) is 6.92 Å². The highest BCUT2D eigenvalue weighted by molar-refractivity contribution is 6.01. The summed E-state index contributed by atoms with van der Waals surface area (Å²) in [5.41, 5.74) is 3.68. The number of anilines is 4. The molecule has 28 heavy (non-hydrogen) atoms. The number of aryl methyl sites for hydroxylation is 1. The molecule has 0 spiro atoms. The lowest BCUT2D eigenvalue weighted by Gasteiger charge is -2.28. The number of ether oxygens (including phenoxy) is 1. The maximum Gasteiger partial charge on any atom is 0.320 e. The van der Waals surface area contributed by atoms with Crippen molar-refractivity contribution in [3.63, 3.8) is 0 Å². The number of nitrogens with zero attached hydrogens (tertiary/aromatic N) is 3. The Hall–Kier alpha value is -3.39. The maximum absolute atomic E-state index is 12.4. The lowest BCUT2D eigenvalue weighted by atomic mass is 10.2. The number of rotatable bonds is 5. The molecule has 1 aromatic heterocycles. The maximum atomic E-state index is 12.4. The Labute approximate surface area is 162 Å². The SMILES string of the molecule is Cc1cccc(Nc2nnc(C(=O)Nc3ccc(N4CCOCC4)cc3)o2)c1. The highest BCUT2D eigenvalue weighted by atomic mass is 16.5. The highest BCUT2D eigenvalue weighted by Gasteiger charge is 2.16. The Kier molecular flexibility index (Phi) is 5.20. The second-order valence-corrected chi connectivity index (χ2v) is 6.51. The summed E-state index contributed by atoms with van der Waals surface area (Å²) >= 11 is 0. The fraction of sp³-hybridized carbons (Fsp3) is 0.250. The first kappa shape index (κ1) is 18.0. The van der Waals surface area contributed by atoms with Crippen molar-refractivity contribution in [1.82, 2.24) is 10.2 Å². The summed E-state index contributed by atoms with van der Waals surface area (Å²) in [6.07, 6.45) is 0. The molecule has 0 saturated carbocycles. The van der Waals surface area contributed by atoms with Gasteiger partial charge in [-0.25, -0.2) is 0 Å². The van der Waals surface area contributed by atoms with Crippen LogP contribution in [-0.2, 0) is 4.74 Å². The van der Waals surface area contributed by atoms with Crippen molar-refractivity contribution >= 4 is 29.0 Å². The van der Waals surface area contributed by atoms with Crippen LogP contribution in [0.5, 0.6) is 0 Å². The van der Waals surface area contributed by atoms with Crippen LogP contribution in [0, 0.1) is 6.92 Å². The van der Waals surface area contributed by atoms with Crippen LogP contribution in [0.2, 0.25) is 0 Å². The van der Waals surface area contributed by atoms with E-state index in [0.29, 0.717) is 5.69 Å². The van der Waals surface area contributed by atoms with E-state index >= 15 is 0 Å². The number of benzene rings is 2. The summed E-state index contributed by atoms with van der Waals surface area (Å²) in [6, 6.07) is 15.5. The molecule has 8 heteroatoms. The fourth-order valence-electron chi connectivity index (χ4n) is 2.97. The lowest BCUT2D eigenvalue weighted by molar-refractivity contribution is 0.0991. The Morgan fingerprint density at radius 2 is 1.82 bits per heavy atom. The second-order valence-electron chi connectivity index (χ2n) is 6.51. The van der Waals surface area contributed by atoms with Gasteiger partial charge in [-0.2, -0.15) is 0 Å². The standard InChI is InChI=1S/C20H21N5O3/c1-14-3-2-4-16(13-14)22-20-24-23-19(28-20)18(26)21-15-5-7-17(8-6-15)25-9-11-27-12-10-25/h2-8,13H,9-12H2,1H3,(H,21,26)(H,22,24). The molecule has 2 heterocycles. The van der Waals surface area contributed by atoms with Crippen molar-refractivity contribution < 1.29 is 13.9 Å². The van der Waals surface area contributed by atoms with Gasteiger partial charge in [0, 0.05) is 30.2 Å². The predicted octanol–water partition coefficient (Wildman–Crippen LogP) is 3.21. The van der Waals surface area contributed by atoms with Crippen LogP contribution in [0.4, 0.5) is 23.1 Å². The van der Waals surface area contributed by atoms with Crippen molar-refractivity contribution in [3.05, 3.63) is 60.0 Å². The molecule has 1 aliphatic rings. The number of amides is 1. The van der Waals surface area contributed by atoms with Crippen LogP contribution in [0.3, 0.4) is 0 Å². The Bertz CT molecular complexity index is 948. The van der Waals surface area contributed by atoms with E-state index in [2.05, 4.69) is 25.7 Å². The summed E-state index contributed by atoms with van der Waals surface area (Å²) in [5, 5.41) is 13.4. The summed E-state index contributed by atoms with van der Waals surface area (Å²) in [7, 11) is 0. The van der Waals surface area contributed by atoms with E-state index in [1.165, 1.54) is 0 Å². The lowest BCUT2D eigenvalue weighted by Crippen LogP contribution is -2.36. The van der Waals surface area contributed by atoms with Crippen molar-refractivity contribution in [1.29, 1.82) is 0 Å². The van der Waals surface area contributed by atoms with E-state index in [1.807, 2.05) is 55.5 Å². The molecule has 144 valence electrons. The Balaban J connectivity index is 1.37. The van der Waals surface area contributed by atoms with Gasteiger partial charge in [0.2, 0.25) is 0 Å². The van der Waals surface area contributed by atoms with Gasteiger partial charge in [0.15, 0.2) is 0 Å². The van der Waals surface area contributed by atoms with Gasteiger partial charge in [0.1, 0.15) is 0 Å². The van der Waals surface area contributed by atoms with Crippen molar-refractivity contribution in [2.24, 2.45) is 0 Å². The van der Waals surface area contributed by atoms with E-state index in [4.69, 9.17) is 9.15 Å². The molecule has 0 atom stereocenters. The number of carbonyl (C=O) groups is 1. The smallest absolute Gasteiger partial charge is 0.320 e. The quantitative estimate of drug-likeness (QED) is 0.703. The highest BCUT2D eigenvalue weighted by Crippen LogP contribution is 2.20. The minimum absolute atomic E-state index is 0.104. The molecule has 0 aliphatic carbocycles. The van der Waals surface area contributed by atoms with E-state index in [1.54, 1.807) is 0 Å². The zero-order chi connectivity index (χ0) is 19.3. The minimum atomic E-state index is -0.455. The normalized spacial score (nSPS) is 14.0. The zero-order valence-corrected chi connectivity index (χ0v) is 15.5. The van der Waals surface area contributed by atoms with Crippen LogP contribution in [-0.4, -0.2) is 42.4 Å². The number of nitrogens with one attached hydrogen (secondary N) is 2. The average molecular weight is 379 g/mol. The molecule has 1 saturated heterocycles. The van der Waals surface area contributed by atoms with Gasteiger partial charge in [-0.05, 0) is 48.9 Å². The molecule has 1 amide bonds. The number of aromatic nitrogens is 2. The fourth-order valence-corrected chi connectivity index (χ4v) is 2.97. The van der Waals surface area contributed by atoms with Gasteiger partial charge in [-0.15, -0.1) is 5.10 Å².